The number of hydrogen-bond donors (Lipinski definition) is 1. The monoisotopic (exact) mass is 386 g/mol. The molecule has 0 heterocycles. The molecule has 8 heteroatoms. The second-order valence-corrected chi connectivity index (χ2v) is 6.02. The van der Waals surface area contributed by atoms with Gasteiger partial charge in [-0.3, -0.25) is 4.79 Å². The number of rotatable bonds is 7. The largest absolute Gasteiger partial charge is 0.433 e. The van der Waals surface area contributed by atoms with E-state index in [9.17, 15) is 18.0 Å². The first-order chi connectivity index (χ1) is 12.3. The highest BCUT2D eigenvalue weighted by Crippen LogP contribution is 2.29. The predicted octanol–water partition coefficient (Wildman–Crippen LogP) is 4.71. The summed E-state index contributed by atoms with van der Waals surface area (Å²) in [5.74, 6) is -0.681. The first-order valence-corrected chi connectivity index (χ1v) is 8.15. The Labute approximate surface area is 154 Å². The molecule has 26 heavy (non-hydrogen) atoms. The molecule has 0 aliphatic rings. The Morgan fingerprint density at radius 1 is 1.23 bits per heavy atom. The Balaban J connectivity index is 1.95. The lowest BCUT2D eigenvalue weighted by Crippen LogP contribution is -2.34. The van der Waals surface area contributed by atoms with Crippen molar-refractivity contribution in [2.24, 2.45) is 0 Å². The first-order valence-electron chi connectivity index (χ1n) is 7.77. The van der Waals surface area contributed by atoms with Gasteiger partial charge in [-0.15, -0.1) is 0 Å². The second kappa shape index (κ2) is 8.80. The first kappa shape index (κ1) is 19.9. The number of anilines is 1. The normalized spacial score (nSPS) is 12.0. The van der Waals surface area contributed by atoms with Gasteiger partial charge in [0.25, 0.3) is 0 Å². The summed E-state index contributed by atoms with van der Waals surface area (Å²) < 4.78 is 41.7. The quantitative estimate of drug-likeness (QED) is 0.749. The van der Waals surface area contributed by atoms with Gasteiger partial charge in [0.15, 0.2) is 0 Å². The Morgan fingerprint density at radius 3 is 2.46 bits per heavy atom. The Hall–Kier alpha value is -2.41. The van der Waals surface area contributed by atoms with Crippen molar-refractivity contribution in [3.63, 3.8) is 0 Å². The van der Waals surface area contributed by atoms with Crippen molar-refractivity contribution in [3.8, 4) is 5.75 Å². The van der Waals surface area contributed by atoms with Crippen molar-refractivity contribution in [2.45, 2.75) is 19.6 Å². The van der Waals surface area contributed by atoms with E-state index in [0.717, 1.165) is 5.56 Å². The minimum Gasteiger partial charge on any atom is -0.433 e. The van der Waals surface area contributed by atoms with E-state index >= 15 is 0 Å². The molecule has 0 spiro atoms. The fourth-order valence-electron chi connectivity index (χ4n) is 2.29. The predicted molar refractivity (Wildman–Crippen MR) is 94.2 cm³/mol. The lowest BCUT2D eigenvalue weighted by Gasteiger charge is -2.25. The van der Waals surface area contributed by atoms with Crippen LogP contribution in [0.15, 0.2) is 42.5 Å². The van der Waals surface area contributed by atoms with Crippen LogP contribution in [0.2, 0.25) is 5.02 Å². The number of amides is 1. The lowest BCUT2D eigenvalue weighted by molar-refractivity contribution is -0.129. The number of benzene rings is 2. The highest BCUT2D eigenvalue weighted by Gasteiger charge is 2.17. The molecule has 1 N–H and O–H groups in total. The summed E-state index contributed by atoms with van der Waals surface area (Å²) in [6.45, 7) is -1.15. The average molecular weight is 387 g/mol. The van der Waals surface area contributed by atoms with Crippen LogP contribution in [0.4, 0.5) is 18.9 Å². The zero-order valence-corrected chi connectivity index (χ0v) is 14.9. The number of nitrogens with one attached hydrogen (secondary N) is 1. The maximum absolute atomic E-state index is 13.0. The van der Waals surface area contributed by atoms with Crippen molar-refractivity contribution in [1.29, 1.82) is 0 Å². The maximum atomic E-state index is 13.0. The molecule has 0 fully saturated rings. The third-order valence-electron chi connectivity index (χ3n) is 3.92. The molecule has 140 valence electrons. The molecule has 1 atom stereocenters. The summed E-state index contributed by atoms with van der Waals surface area (Å²) in [5.41, 5.74) is 1.30. The van der Waals surface area contributed by atoms with Crippen molar-refractivity contribution in [2.75, 3.05) is 18.9 Å². The number of nitrogens with zero attached hydrogens (tertiary/aromatic N) is 1. The molecule has 0 aliphatic carbocycles. The summed E-state index contributed by atoms with van der Waals surface area (Å²) in [4.78, 5) is 13.9. The van der Waals surface area contributed by atoms with E-state index in [4.69, 9.17) is 11.6 Å². The van der Waals surface area contributed by atoms with E-state index in [1.165, 1.54) is 35.2 Å². The smallest absolute Gasteiger partial charge is 0.387 e. The zero-order chi connectivity index (χ0) is 19.3. The molecule has 2 aromatic carbocycles. The van der Waals surface area contributed by atoms with Crippen LogP contribution < -0.4 is 10.1 Å². The summed E-state index contributed by atoms with van der Waals surface area (Å²) in [6.07, 6.45) is 0. The Morgan fingerprint density at radius 2 is 1.88 bits per heavy atom. The molecule has 1 unspecified atom stereocenters. The van der Waals surface area contributed by atoms with Gasteiger partial charge in [-0.05, 0) is 42.8 Å². The minimum atomic E-state index is -2.96. The maximum Gasteiger partial charge on any atom is 0.387 e. The van der Waals surface area contributed by atoms with Crippen LogP contribution in [0.25, 0.3) is 0 Å². The third kappa shape index (κ3) is 5.29. The molecule has 2 rings (SSSR count). The number of hydrogen-bond acceptors (Lipinski definition) is 3. The van der Waals surface area contributed by atoms with E-state index < -0.39 is 6.61 Å². The number of ether oxygens (including phenoxy) is 1. The number of carbonyl (C=O) groups excluding carboxylic acids is 1. The Bertz CT molecular complexity index is 757. The molecule has 1 amide bonds. The van der Waals surface area contributed by atoms with E-state index in [1.54, 1.807) is 19.2 Å². The van der Waals surface area contributed by atoms with Crippen molar-refractivity contribution in [3.05, 3.63) is 58.9 Å². The second-order valence-electron chi connectivity index (χ2n) is 5.61. The minimum absolute atomic E-state index is 0.00999. The summed E-state index contributed by atoms with van der Waals surface area (Å²) >= 11 is 5.87. The molecule has 0 saturated carbocycles. The molecular formula is C18H18ClF3N2O2. The molecule has 0 aliphatic heterocycles. The van der Waals surface area contributed by atoms with Crippen LogP contribution in [-0.4, -0.2) is 31.0 Å². The average Bonchev–Trinajstić information content (AvgIpc) is 2.60. The molecule has 0 radical (unpaired) electrons. The summed E-state index contributed by atoms with van der Waals surface area (Å²) in [6, 6.07) is 9.87. The summed E-state index contributed by atoms with van der Waals surface area (Å²) in [5, 5.41) is 2.89. The van der Waals surface area contributed by atoms with Crippen molar-refractivity contribution >= 4 is 23.2 Å². The van der Waals surface area contributed by atoms with Gasteiger partial charge >= 0.3 is 6.61 Å². The zero-order valence-electron chi connectivity index (χ0n) is 14.2. The van der Waals surface area contributed by atoms with E-state index in [1.807, 2.05) is 6.92 Å². The molecular weight excluding hydrogens is 369 g/mol. The van der Waals surface area contributed by atoms with Crippen LogP contribution >= 0.6 is 11.6 Å². The molecule has 4 nitrogen and oxygen atoms in total. The fourth-order valence-corrected chi connectivity index (χ4v) is 2.51. The van der Waals surface area contributed by atoms with Gasteiger partial charge in [0, 0.05) is 12.7 Å². The van der Waals surface area contributed by atoms with Gasteiger partial charge < -0.3 is 15.0 Å². The van der Waals surface area contributed by atoms with E-state index in [0.29, 0.717) is 5.69 Å². The van der Waals surface area contributed by atoms with Crippen LogP contribution in [0.3, 0.4) is 0 Å². The standard InChI is InChI=1S/C18H18ClF3N2O2/c1-11(12-3-5-13(20)6-4-12)24(2)17(25)10-23-14-7-8-16(15(19)9-14)26-18(21)22/h3-9,11,18,23H,10H2,1-2H3. The van der Waals surface area contributed by atoms with Crippen LogP contribution in [0.1, 0.15) is 18.5 Å². The number of alkyl halides is 2. The molecule has 0 saturated heterocycles. The van der Waals surface area contributed by atoms with Gasteiger partial charge in [-0.1, -0.05) is 23.7 Å². The molecule has 0 aromatic heterocycles. The molecule has 2 aromatic rings. The summed E-state index contributed by atoms with van der Waals surface area (Å²) in [7, 11) is 1.64. The molecule has 0 bridgehead atoms. The topological polar surface area (TPSA) is 41.6 Å². The van der Waals surface area contributed by atoms with Crippen LogP contribution in [0, 0.1) is 5.82 Å². The Kier molecular flexibility index (Phi) is 6.74. The fraction of sp³-hybridized carbons (Fsp3) is 0.278. The SMILES string of the molecule is CC(c1ccc(F)cc1)N(C)C(=O)CNc1ccc(OC(F)F)c(Cl)c1. The van der Waals surface area contributed by atoms with Gasteiger partial charge in [0.05, 0.1) is 17.6 Å². The van der Waals surface area contributed by atoms with Gasteiger partial charge in [-0.2, -0.15) is 8.78 Å². The number of likely N-dealkylation sites (N-methyl/N-ethyl adjacent to an activating group) is 1. The van der Waals surface area contributed by atoms with Crippen molar-refractivity contribution < 1.29 is 22.7 Å². The highest BCUT2D eigenvalue weighted by atomic mass is 35.5. The van der Waals surface area contributed by atoms with Gasteiger partial charge in [0.1, 0.15) is 11.6 Å². The van der Waals surface area contributed by atoms with Crippen molar-refractivity contribution in [1.82, 2.24) is 4.90 Å². The lowest BCUT2D eigenvalue weighted by atomic mass is 10.1. The van der Waals surface area contributed by atoms with E-state index in [-0.39, 0.29) is 35.1 Å². The van der Waals surface area contributed by atoms with Gasteiger partial charge in [-0.25, -0.2) is 4.39 Å². The van der Waals surface area contributed by atoms with Crippen LogP contribution in [-0.2, 0) is 4.79 Å². The van der Waals surface area contributed by atoms with Crippen LogP contribution in [0.5, 0.6) is 5.75 Å². The highest BCUT2D eigenvalue weighted by molar-refractivity contribution is 6.32. The third-order valence-corrected chi connectivity index (χ3v) is 4.21. The number of halogens is 4. The van der Waals surface area contributed by atoms with Gasteiger partial charge in [0.2, 0.25) is 5.91 Å². The van der Waals surface area contributed by atoms with E-state index in [2.05, 4.69) is 10.1 Å². The number of carbonyl (C=O) groups is 1.